The fourth-order valence-electron chi connectivity index (χ4n) is 7.19. The van der Waals surface area contributed by atoms with Gasteiger partial charge in [0.05, 0.1) is 67.0 Å². The van der Waals surface area contributed by atoms with Crippen LogP contribution in [0.2, 0.25) is 30.1 Å². The molecule has 3 aromatic heterocycles. The number of halogens is 6. The lowest BCUT2D eigenvalue weighted by molar-refractivity contribution is 0.357. The van der Waals surface area contributed by atoms with Gasteiger partial charge in [0.1, 0.15) is 17.2 Å². The van der Waals surface area contributed by atoms with Crippen molar-refractivity contribution in [1.29, 1.82) is 0 Å². The van der Waals surface area contributed by atoms with Crippen molar-refractivity contribution in [3.05, 3.63) is 100 Å². The molecule has 9 rings (SSSR count). The summed E-state index contributed by atoms with van der Waals surface area (Å²) in [5.41, 5.74) is 27.5. The molecule has 0 fully saturated rings. The van der Waals surface area contributed by atoms with Crippen LogP contribution in [0.25, 0.3) is 33.8 Å². The van der Waals surface area contributed by atoms with E-state index in [9.17, 15) is 0 Å². The molecule has 0 saturated carbocycles. The molecule has 3 aliphatic rings. The number of nitrogen functional groups attached to an aromatic ring is 3. The first-order valence-corrected chi connectivity index (χ1v) is 21.2. The number of nitrogens with zero attached hydrogens (tertiary/aromatic N) is 6. The first-order chi connectivity index (χ1) is 28.6. The third kappa shape index (κ3) is 9.05. The maximum absolute atomic E-state index is 6.39. The molecule has 0 saturated heterocycles. The molecule has 3 aromatic carbocycles. The standard InChI is InChI=1S/C15H15Cl2N3O.C14H13Cl2N3O.C13H11Cl2N3O/c1-7(2)11-6-12(20-15(18)19-11)13-8-3-4-21-14(8)10(17)5-9(13)16;1-2-7-5-11(19-14(17)18-7)12-8-3-4-20-13(8)10(16)6-9(12)15;1-6-4-10(18-13(16)17-6)11-7-2-3-19-12(7)9(15)5-8(11)14/h5-7H,3-4H2,1-2H3,(H2,18,19,20);5-6H,2-4H2,1H3,(H2,17,18,19);4-5H,2-3H2,1H3,(H2,16,17,18). The van der Waals surface area contributed by atoms with Crippen molar-refractivity contribution in [3.63, 3.8) is 0 Å². The van der Waals surface area contributed by atoms with Gasteiger partial charge in [-0.25, -0.2) is 29.9 Å². The van der Waals surface area contributed by atoms with E-state index in [1.54, 1.807) is 18.2 Å². The molecule has 0 unspecified atom stereocenters. The lowest BCUT2D eigenvalue weighted by Gasteiger charge is -2.13. The van der Waals surface area contributed by atoms with Gasteiger partial charge in [-0.05, 0) is 55.7 Å². The largest absolute Gasteiger partial charge is 0.491 e. The second kappa shape index (κ2) is 18.2. The van der Waals surface area contributed by atoms with Crippen molar-refractivity contribution >= 4 is 87.5 Å². The maximum atomic E-state index is 6.39. The highest BCUT2D eigenvalue weighted by atomic mass is 35.5. The van der Waals surface area contributed by atoms with Crippen molar-refractivity contribution in [1.82, 2.24) is 29.9 Å². The molecule has 0 aliphatic carbocycles. The Hall–Kier alpha value is -4.56. The van der Waals surface area contributed by atoms with Gasteiger partial charge in [0, 0.05) is 69.7 Å². The number of anilines is 3. The highest BCUT2D eigenvalue weighted by Crippen LogP contribution is 2.47. The molecule has 312 valence electrons. The smallest absolute Gasteiger partial charge is 0.220 e. The Bertz CT molecular complexity index is 2630. The van der Waals surface area contributed by atoms with Crippen molar-refractivity contribution < 1.29 is 14.2 Å². The van der Waals surface area contributed by atoms with Gasteiger partial charge in [-0.1, -0.05) is 90.4 Å². The average molecular weight is 931 g/mol. The number of hydrogen-bond donors (Lipinski definition) is 3. The van der Waals surface area contributed by atoms with Gasteiger partial charge in [0.15, 0.2) is 0 Å². The zero-order chi connectivity index (χ0) is 43.0. The topological polar surface area (TPSA) is 183 Å². The molecule has 18 heteroatoms. The lowest BCUT2D eigenvalue weighted by Crippen LogP contribution is -2.03. The molecule has 12 nitrogen and oxygen atoms in total. The minimum Gasteiger partial charge on any atom is -0.491 e. The Balaban J connectivity index is 0.000000136. The van der Waals surface area contributed by atoms with Gasteiger partial charge in [-0.15, -0.1) is 0 Å². The van der Waals surface area contributed by atoms with Crippen LogP contribution in [0.5, 0.6) is 17.2 Å². The quantitative estimate of drug-likeness (QED) is 0.149. The zero-order valence-electron chi connectivity index (χ0n) is 32.9. The highest BCUT2D eigenvalue weighted by molar-refractivity contribution is 6.39. The van der Waals surface area contributed by atoms with Crippen LogP contribution in [-0.4, -0.2) is 49.7 Å². The van der Waals surface area contributed by atoms with E-state index in [1.165, 1.54) is 0 Å². The van der Waals surface area contributed by atoms with Gasteiger partial charge >= 0.3 is 0 Å². The summed E-state index contributed by atoms with van der Waals surface area (Å²) >= 11 is 37.5. The third-order valence-electron chi connectivity index (χ3n) is 9.80. The van der Waals surface area contributed by atoms with E-state index in [2.05, 4.69) is 43.8 Å². The summed E-state index contributed by atoms with van der Waals surface area (Å²) in [5, 5.41) is 3.24. The first-order valence-electron chi connectivity index (χ1n) is 18.9. The van der Waals surface area contributed by atoms with E-state index in [-0.39, 0.29) is 23.8 Å². The minimum absolute atomic E-state index is 0.230. The molecule has 0 radical (unpaired) electrons. The van der Waals surface area contributed by atoms with Crippen LogP contribution in [0.4, 0.5) is 17.8 Å². The van der Waals surface area contributed by atoms with Crippen LogP contribution >= 0.6 is 69.6 Å². The summed E-state index contributed by atoms with van der Waals surface area (Å²) in [4.78, 5) is 25.4. The zero-order valence-corrected chi connectivity index (χ0v) is 37.4. The monoisotopic (exact) mass is 927 g/mol. The van der Waals surface area contributed by atoms with Crippen LogP contribution < -0.4 is 31.4 Å². The Labute approximate surface area is 377 Å². The molecule has 6 aromatic rings. The minimum atomic E-state index is 0.230. The lowest BCUT2D eigenvalue weighted by atomic mass is 10.00. The molecule has 6 heterocycles. The van der Waals surface area contributed by atoms with E-state index in [0.717, 1.165) is 87.5 Å². The Morgan fingerprint density at radius 2 is 0.900 bits per heavy atom. The Kier molecular flexibility index (Phi) is 13.2. The molecule has 60 heavy (non-hydrogen) atoms. The number of aromatic nitrogens is 6. The van der Waals surface area contributed by atoms with E-state index < -0.39 is 0 Å². The number of hydrogen-bond acceptors (Lipinski definition) is 12. The second-order valence-corrected chi connectivity index (χ2v) is 16.7. The highest BCUT2D eigenvalue weighted by Gasteiger charge is 2.27. The summed E-state index contributed by atoms with van der Waals surface area (Å²) in [6.45, 7) is 9.79. The number of nitrogens with two attached hydrogens (primary N) is 3. The van der Waals surface area contributed by atoms with Crippen molar-refractivity contribution in [2.45, 2.75) is 59.3 Å². The first kappa shape index (κ1) is 43.5. The maximum Gasteiger partial charge on any atom is 0.220 e. The number of benzene rings is 3. The molecule has 0 amide bonds. The fourth-order valence-corrected chi connectivity index (χ4v) is 9.15. The summed E-state index contributed by atoms with van der Waals surface area (Å²) < 4.78 is 16.7. The molecule has 0 spiro atoms. The van der Waals surface area contributed by atoms with Gasteiger partial charge in [0.2, 0.25) is 17.8 Å². The molecular weight excluding hydrogens is 891 g/mol. The van der Waals surface area contributed by atoms with E-state index >= 15 is 0 Å². The van der Waals surface area contributed by atoms with Crippen molar-refractivity contribution in [2.24, 2.45) is 0 Å². The van der Waals surface area contributed by atoms with Gasteiger partial charge < -0.3 is 31.4 Å². The fraction of sp³-hybridized carbons (Fsp3) is 0.286. The van der Waals surface area contributed by atoms with Gasteiger partial charge in [-0.3, -0.25) is 0 Å². The molecule has 0 bridgehead atoms. The van der Waals surface area contributed by atoms with Crippen LogP contribution in [-0.2, 0) is 25.7 Å². The van der Waals surface area contributed by atoms with Crippen LogP contribution in [0, 0.1) is 6.92 Å². The van der Waals surface area contributed by atoms with E-state index in [0.29, 0.717) is 72.9 Å². The molecule has 6 N–H and O–H groups in total. The van der Waals surface area contributed by atoms with Gasteiger partial charge in [-0.2, -0.15) is 0 Å². The summed E-state index contributed by atoms with van der Waals surface area (Å²) in [6.07, 6.45) is 3.06. The molecule has 3 aliphatic heterocycles. The van der Waals surface area contributed by atoms with E-state index in [4.69, 9.17) is 101 Å². The predicted octanol–water partition coefficient (Wildman–Crippen LogP) is 10.9. The number of ether oxygens (including phenoxy) is 3. The Morgan fingerprint density at radius 1 is 0.517 bits per heavy atom. The van der Waals surface area contributed by atoms with Crippen LogP contribution in [0.1, 0.15) is 60.5 Å². The number of aryl methyl sites for hydroxylation is 2. The molecule has 0 atom stereocenters. The SMILES string of the molecule is CC(C)c1cc(-c2c(Cl)cc(Cl)c3c2CCO3)nc(N)n1.CCc1cc(-c2c(Cl)cc(Cl)c3c2CCO3)nc(N)n1.Cc1cc(-c2c(Cl)cc(Cl)c3c2CCO3)nc(N)n1. The predicted molar refractivity (Wildman–Crippen MR) is 242 cm³/mol. The van der Waals surface area contributed by atoms with Crippen LogP contribution in [0.3, 0.4) is 0 Å². The summed E-state index contributed by atoms with van der Waals surface area (Å²) in [5.74, 6) is 3.06. The third-order valence-corrected chi connectivity index (χ3v) is 11.5. The van der Waals surface area contributed by atoms with Crippen molar-refractivity contribution in [3.8, 4) is 51.0 Å². The normalized spacial score (nSPS) is 13.2. The van der Waals surface area contributed by atoms with E-state index in [1.807, 2.05) is 32.0 Å². The summed E-state index contributed by atoms with van der Waals surface area (Å²) in [7, 11) is 0. The average Bonchev–Trinajstić information content (AvgIpc) is 3.97. The van der Waals surface area contributed by atoms with Crippen LogP contribution in [0.15, 0.2) is 36.4 Å². The van der Waals surface area contributed by atoms with Gasteiger partial charge in [0.25, 0.3) is 0 Å². The number of rotatable bonds is 5. The number of fused-ring (bicyclic) bond motifs is 3. The van der Waals surface area contributed by atoms with Crippen molar-refractivity contribution in [2.75, 3.05) is 37.0 Å². The Morgan fingerprint density at radius 3 is 1.30 bits per heavy atom. The second-order valence-electron chi connectivity index (χ2n) is 14.3. The molecular formula is C42H39Cl6N9O3. The summed E-state index contributed by atoms with van der Waals surface area (Å²) in [6, 6.07) is 10.7.